The molecule has 4 nitrogen and oxygen atoms in total. The molecular weight excluding hydrogens is 168 g/mol. The number of phenolic OH excluding ortho intramolecular Hbond substituents is 1. The summed E-state index contributed by atoms with van der Waals surface area (Å²) in [6, 6.07) is 1.67. The first-order valence-corrected chi connectivity index (χ1v) is 3.83. The summed E-state index contributed by atoms with van der Waals surface area (Å²) in [6.45, 7) is 3.44. The van der Waals surface area contributed by atoms with Crippen molar-refractivity contribution in [3.63, 3.8) is 0 Å². The van der Waals surface area contributed by atoms with Crippen LogP contribution in [0.1, 0.15) is 21.5 Å². The number of benzene rings is 1. The van der Waals surface area contributed by atoms with Gasteiger partial charge in [-0.05, 0) is 25.0 Å². The molecule has 0 heterocycles. The first-order chi connectivity index (χ1) is 5.95. The predicted molar refractivity (Wildman–Crippen MR) is 50.5 cm³/mol. The number of nitrogen functional groups attached to an aromatic ring is 1. The van der Waals surface area contributed by atoms with Crippen LogP contribution in [-0.2, 0) is 0 Å². The lowest BCUT2D eigenvalue weighted by molar-refractivity contribution is 0.100. The second-order valence-corrected chi connectivity index (χ2v) is 3.01. The van der Waals surface area contributed by atoms with Crippen molar-refractivity contribution < 1.29 is 9.90 Å². The fourth-order valence-electron chi connectivity index (χ4n) is 1.34. The zero-order chi connectivity index (χ0) is 10.2. The fourth-order valence-corrected chi connectivity index (χ4v) is 1.34. The number of nitrogens with two attached hydrogens (primary N) is 2. The Morgan fingerprint density at radius 3 is 2.38 bits per heavy atom. The average molecular weight is 180 g/mol. The molecule has 0 unspecified atom stereocenters. The molecule has 1 aromatic rings. The zero-order valence-electron chi connectivity index (χ0n) is 7.59. The zero-order valence-corrected chi connectivity index (χ0v) is 7.59. The Hall–Kier alpha value is -1.71. The van der Waals surface area contributed by atoms with Crippen molar-refractivity contribution in [3.05, 3.63) is 22.8 Å². The van der Waals surface area contributed by atoms with E-state index in [-0.39, 0.29) is 17.0 Å². The molecule has 0 bridgehead atoms. The molecule has 0 aliphatic rings. The number of carbonyl (C=O) groups is 1. The molecule has 0 aliphatic heterocycles. The highest BCUT2D eigenvalue weighted by Crippen LogP contribution is 2.30. The number of rotatable bonds is 1. The van der Waals surface area contributed by atoms with Gasteiger partial charge in [0.15, 0.2) is 0 Å². The van der Waals surface area contributed by atoms with E-state index in [1.807, 2.05) is 0 Å². The van der Waals surface area contributed by atoms with Gasteiger partial charge in [-0.15, -0.1) is 0 Å². The standard InChI is InChI=1S/C9H12N2O2/c1-4-3-5(2)8(12)7(10)6(4)9(11)13/h3,12H,10H2,1-2H3,(H2,11,13). The maximum atomic E-state index is 10.9. The van der Waals surface area contributed by atoms with Gasteiger partial charge in [-0.3, -0.25) is 4.79 Å². The van der Waals surface area contributed by atoms with E-state index in [4.69, 9.17) is 11.5 Å². The number of primary amides is 1. The molecule has 1 aromatic carbocycles. The summed E-state index contributed by atoms with van der Waals surface area (Å²) in [7, 11) is 0. The largest absolute Gasteiger partial charge is 0.505 e. The topological polar surface area (TPSA) is 89.3 Å². The highest BCUT2D eigenvalue weighted by molar-refractivity contribution is 6.01. The molecule has 70 valence electrons. The quantitative estimate of drug-likeness (QED) is 0.438. The first kappa shape index (κ1) is 9.38. The Balaban J connectivity index is 3.53. The normalized spacial score (nSPS) is 10.0. The van der Waals surface area contributed by atoms with E-state index in [1.54, 1.807) is 19.9 Å². The van der Waals surface area contributed by atoms with Gasteiger partial charge in [0, 0.05) is 0 Å². The van der Waals surface area contributed by atoms with E-state index in [0.717, 1.165) is 0 Å². The van der Waals surface area contributed by atoms with Crippen molar-refractivity contribution in [2.24, 2.45) is 5.73 Å². The van der Waals surface area contributed by atoms with E-state index in [1.165, 1.54) is 0 Å². The molecule has 0 aliphatic carbocycles. The van der Waals surface area contributed by atoms with Gasteiger partial charge >= 0.3 is 0 Å². The van der Waals surface area contributed by atoms with Gasteiger partial charge < -0.3 is 16.6 Å². The monoisotopic (exact) mass is 180 g/mol. The van der Waals surface area contributed by atoms with Gasteiger partial charge in [-0.25, -0.2) is 0 Å². The van der Waals surface area contributed by atoms with Crippen molar-refractivity contribution >= 4 is 11.6 Å². The van der Waals surface area contributed by atoms with E-state index < -0.39 is 5.91 Å². The molecule has 0 saturated carbocycles. The number of anilines is 1. The lowest BCUT2D eigenvalue weighted by Gasteiger charge is -2.09. The van der Waals surface area contributed by atoms with Gasteiger partial charge in [0.25, 0.3) is 5.91 Å². The molecule has 0 saturated heterocycles. The number of hydrogen-bond donors (Lipinski definition) is 3. The molecule has 4 heteroatoms. The van der Waals surface area contributed by atoms with Crippen LogP contribution in [-0.4, -0.2) is 11.0 Å². The molecule has 0 radical (unpaired) electrons. The average Bonchev–Trinajstić information content (AvgIpc) is 1.99. The third-order valence-electron chi connectivity index (χ3n) is 1.97. The molecule has 5 N–H and O–H groups in total. The summed E-state index contributed by atoms with van der Waals surface area (Å²) >= 11 is 0. The van der Waals surface area contributed by atoms with Crippen LogP contribution in [0.2, 0.25) is 0 Å². The van der Waals surface area contributed by atoms with Crippen LogP contribution in [0.5, 0.6) is 5.75 Å². The van der Waals surface area contributed by atoms with E-state index >= 15 is 0 Å². The lowest BCUT2D eigenvalue weighted by atomic mass is 10.0. The van der Waals surface area contributed by atoms with Crippen molar-refractivity contribution in [2.45, 2.75) is 13.8 Å². The second-order valence-electron chi connectivity index (χ2n) is 3.01. The van der Waals surface area contributed by atoms with Crippen LogP contribution < -0.4 is 11.5 Å². The minimum atomic E-state index is -0.620. The minimum Gasteiger partial charge on any atom is -0.505 e. The van der Waals surface area contributed by atoms with Crippen LogP contribution in [0.25, 0.3) is 0 Å². The van der Waals surface area contributed by atoms with Crippen LogP contribution in [0.4, 0.5) is 5.69 Å². The number of aryl methyl sites for hydroxylation is 2. The second kappa shape index (κ2) is 2.97. The van der Waals surface area contributed by atoms with E-state index in [9.17, 15) is 9.90 Å². The maximum Gasteiger partial charge on any atom is 0.251 e. The van der Waals surface area contributed by atoms with Crippen molar-refractivity contribution in [1.82, 2.24) is 0 Å². The Morgan fingerprint density at radius 1 is 1.38 bits per heavy atom. The van der Waals surface area contributed by atoms with E-state index in [2.05, 4.69) is 0 Å². The number of hydrogen-bond acceptors (Lipinski definition) is 3. The predicted octanol–water partition coefficient (Wildman–Crippen LogP) is 0.690. The van der Waals surface area contributed by atoms with Crippen LogP contribution in [0, 0.1) is 13.8 Å². The molecule has 1 rings (SSSR count). The van der Waals surface area contributed by atoms with Gasteiger partial charge in [0.2, 0.25) is 0 Å². The molecular formula is C9H12N2O2. The number of phenols is 1. The third kappa shape index (κ3) is 1.42. The summed E-state index contributed by atoms with van der Waals surface area (Å²) in [6.07, 6.45) is 0. The van der Waals surface area contributed by atoms with Crippen LogP contribution >= 0.6 is 0 Å². The van der Waals surface area contributed by atoms with Crippen molar-refractivity contribution in [2.75, 3.05) is 5.73 Å². The van der Waals surface area contributed by atoms with Gasteiger partial charge in [0.05, 0.1) is 11.3 Å². The molecule has 0 atom stereocenters. The lowest BCUT2D eigenvalue weighted by Crippen LogP contribution is -2.15. The Kier molecular flexibility index (Phi) is 2.14. The Bertz CT molecular complexity index is 372. The number of aromatic hydroxyl groups is 1. The van der Waals surface area contributed by atoms with Crippen molar-refractivity contribution in [3.8, 4) is 5.75 Å². The molecule has 0 aromatic heterocycles. The Morgan fingerprint density at radius 2 is 1.92 bits per heavy atom. The van der Waals surface area contributed by atoms with Crippen molar-refractivity contribution in [1.29, 1.82) is 0 Å². The highest BCUT2D eigenvalue weighted by Gasteiger charge is 2.14. The maximum absolute atomic E-state index is 10.9. The number of carbonyl (C=O) groups excluding carboxylic acids is 1. The molecule has 1 amide bonds. The minimum absolute atomic E-state index is 0.0602. The first-order valence-electron chi connectivity index (χ1n) is 3.83. The number of amides is 1. The third-order valence-corrected chi connectivity index (χ3v) is 1.97. The van der Waals surface area contributed by atoms with E-state index in [0.29, 0.717) is 11.1 Å². The van der Waals surface area contributed by atoms with Crippen LogP contribution in [0.15, 0.2) is 6.07 Å². The van der Waals surface area contributed by atoms with Gasteiger partial charge in [-0.2, -0.15) is 0 Å². The summed E-state index contributed by atoms with van der Waals surface area (Å²) in [5, 5.41) is 9.43. The van der Waals surface area contributed by atoms with Gasteiger partial charge in [-0.1, -0.05) is 6.07 Å². The summed E-state index contributed by atoms with van der Waals surface area (Å²) in [5.74, 6) is -0.690. The molecule has 0 spiro atoms. The smallest absolute Gasteiger partial charge is 0.251 e. The van der Waals surface area contributed by atoms with Crippen LogP contribution in [0.3, 0.4) is 0 Å². The van der Waals surface area contributed by atoms with Gasteiger partial charge in [0.1, 0.15) is 5.75 Å². The summed E-state index contributed by atoms with van der Waals surface area (Å²) in [5.41, 5.74) is 12.2. The highest BCUT2D eigenvalue weighted by atomic mass is 16.3. The fraction of sp³-hybridized carbons (Fsp3) is 0.222. The Labute approximate surface area is 76.2 Å². The summed E-state index contributed by atoms with van der Waals surface area (Å²) in [4.78, 5) is 10.9. The molecule has 0 fully saturated rings. The molecule has 13 heavy (non-hydrogen) atoms. The SMILES string of the molecule is Cc1cc(C)c(C(N)=O)c(N)c1O. The summed E-state index contributed by atoms with van der Waals surface area (Å²) < 4.78 is 0.